The number of hydrogen-bond donors (Lipinski definition) is 1. The Bertz CT molecular complexity index is 435. The van der Waals surface area contributed by atoms with Gasteiger partial charge in [0, 0.05) is 18.2 Å². The van der Waals surface area contributed by atoms with Crippen LogP contribution in [0.2, 0.25) is 0 Å². The molecule has 0 amide bonds. The Kier molecular flexibility index (Phi) is 4.13. The molecular formula is C10H10N2O2S. The third-order valence-electron chi connectivity index (χ3n) is 1.72. The molecule has 0 aliphatic heterocycles. The van der Waals surface area contributed by atoms with Gasteiger partial charge in [-0.25, -0.2) is 4.98 Å². The summed E-state index contributed by atoms with van der Waals surface area (Å²) in [7, 11) is 0. The summed E-state index contributed by atoms with van der Waals surface area (Å²) in [6, 6.07) is 1.47. The van der Waals surface area contributed by atoms with Gasteiger partial charge in [0.05, 0.1) is 4.92 Å². The third kappa shape index (κ3) is 3.26. The van der Waals surface area contributed by atoms with Crippen molar-refractivity contribution < 1.29 is 4.92 Å². The van der Waals surface area contributed by atoms with Gasteiger partial charge in [-0.1, -0.05) is 5.92 Å². The second-order valence-electron chi connectivity index (χ2n) is 2.89. The Morgan fingerprint density at radius 3 is 2.93 bits per heavy atom. The number of hydrogen-bond acceptors (Lipinski definition) is 4. The monoisotopic (exact) mass is 222 g/mol. The first kappa shape index (κ1) is 11.5. The molecule has 4 nitrogen and oxygen atoms in total. The van der Waals surface area contributed by atoms with Crippen molar-refractivity contribution >= 4 is 18.3 Å². The van der Waals surface area contributed by atoms with Crippen molar-refractivity contribution in [2.45, 2.75) is 13.3 Å². The molecule has 78 valence electrons. The maximum absolute atomic E-state index is 10.4. The van der Waals surface area contributed by atoms with Gasteiger partial charge in [-0.05, 0) is 18.4 Å². The first-order valence-electron chi connectivity index (χ1n) is 4.36. The highest BCUT2D eigenvalue weighted by molar-refractivity contribution is 7.80. The van der Waals surface area contributed by atoms with Crippen molar-refractivity contribution in [3.8, 4) is 11.8 Å². The molecule has 1 heterocycles. The van der Waals surface area contributed by atoms with Crippen LogP contribution < -0.4 is 0 Å². The average molecular weight is 222 g/mol. The highest BCUT2D eigenvalue weighted by Crippen LogP contribution is 2.13. The lowest BCUT2D eigenvalue weighted by molar-refractivity contribution is -0.385. The average Bonchev–Trinajstić information content (AvgIpc) is 2.20. The molecule has 1 aromatic heterocycles. The summed E-state index contributed by atoms with van der Waals surface area (Å²) in [5, 5.41) is 10.4. The zero-order valence-electron chi connectivity index (χ0n) is 8.23. The normalized spacial score (nSPS) is 9.20. The van der Waals surface area contributed by atoms with Crippen molar-refractivity contribution in [2.24, 2.45) is 0 Å². The molecule has 0 saturated carbocycles. The van der Waals surface area contributed by atoms with Gasteiger partial charge in [0.15, 0.2) is 0 Å². The molecule has 0 bridgehead atoms. The Hall–Kier alpha value is -1.54. The smallest absolute Gasteiger partial charge is 0.258 e. The number of nitro groups is 1. The summed E-state index contributed by atoms with van der Waals surface area (Å²) in [6.07, 6.45) is 1.90. The standard InChI is InChI=1S/C10H10N2O2S/c1-8-6-9(12(13)14)7-11-10(8)4-2-3-5-15/h6-7,15H,3,5H2,1H3. The molecule has 0 spiro atoms. The molecule has 0 N–H and O–H groups in total. The largest absolute Gasteiger partial charge is 0.287 e. The molecule has 0 unspecified atom stereocenters. The third-order valence-corrected chi connectivity index (χ3v) is 1.94. The van der Waals surface area contributed by atoms with E-state index in [1.807, 2.05) is 0 Å². The fourth-order valence-corrected chi connectivity index (χ4v) is 1.10. The molecular weight excluding hydrogens is 212 g/mol. The fraction of sp³-hybridized carbons (Fsp3) is 0.300. The number of nitrogens with zero attached hydrogens (tertiary/aromatic N) is 2. The lowest BCUT2D eigenvalue weighted by Crippen LogP contribution is -1.93. The second-order valence-corrected chi connectivity index (χ2v) is 3.34. The van der Waals surface area contributed by atoms with E-state index in [0.717, 1.165) is 5.56 Å². The molecule has 0 fully saturated rings. The quantitative estimate of drug-likeness (QED) is 0.360. The van der Waals surface area contributed by atoms with Crippen LogP contribution >= 0.6 is 12.6 Å². The number of pyridine rings is 1. The fourth-order valence-electron chi connectivity index (χ4n) is 0.993. The van der Waals surface area contributed by atoms with Gasteiger partial charge in [0.1, 0.15) is 11.9 Å². The van der Waals surface area contributed by atoms with Crippen molar-refractivity contribution in [1.29, 1.82) is 0 Å². The number of aryl methyl sites for hydroxylation is 1. The zero-order valence-corrected chi connectivity index (χ0v) is 9.12. The molecule has 0 atom stereocenters. The van der Waals surface area contributed by atoms with E-state index >= 15 is 0 Å². The predicted molar refractivity (Wildman–Crippen MR) is 61.0 cm³/mol. The Morgan fingerprint density at radius 1 is 1.67 bits per heavy atom. The van der Waals surface area contributed by atoms with E-state index in [9.17, 15) is 10.1 Å². The SMILES string of the molecule is Cc1cc([N+](=O)[O-])cnc1C#CCCS. The van der Waals surface area contributed by atoms with Gasteiger partial charge in [0.25, 0.3) is 5.69 Å². The molecule has 1 aromatic rings. The molecule has 0 aromatic carbocycles. The summed E-state index contributed by atoms with van der Waals surface area (Å²) in [5.41, 5.74) is 1.30. The zero-order chi connectivity index (χ0) is 11.3. The van der Waals surface area contributed by atoms with E-state index in [1.54, 1.807) is 6.92 Å². The van der Waals surface area contributed by atoms with Crippen LogP contribution in [-0.2, 0) is 0 Å². The van der Waals surface area contributed by atoms with Crippen molar-refractivity contribution in [2.75, 3.05) is 5.75 Å². The first-order valence-corrected chi connectivity index (χ1v) is 4.99. The van der Waals surface area contributed by atoms with Crippen LogP contribution in [-0.4, -0.2) is 15.7 Å². The second kappa shape index (κ2) is 5.37. The molecule has 0 saturated heterocycles. The summed E-state index contributed by atoms with van der Waals surface area (Å²) in [5.74, 6) is 6.42. The van der Waals surface area contributed by atoms with Crippen LogP contribution in [0.5, 0.6) is 0 Å². The van der Waals surface area contributed by atoms with Gasteiger partial charge in [0.2, 0.25) is 0 Å². The maximum Gasteiger partial charge on any atom is 0.287 e. The molecule has 1 rings (SSSR count). The van der Waals surface area contributed by atoms with Crippen molar-refractivity contribution in [1.82, 2.24) is 4.98 Å². The van der Waals surface area contributed by atoms with Crippen LogP contribution in [0.1, 0.15) is 17.7 Å². The van der Waals surface area contributed by atoms with E-state index in [-0.39, 0.29) is 5.69 Å². The van der Waals surface area contributed by atoms with Gasteiger partial charge in [-0.15, -0.1) is 0 Å². The summed E-state index contributed by atoms with van der Waals surface area (Å²) >= 11 is 4.02. The minimum Gasteiger partial charge on any atom is -0.258 e. The number of rotatable bonds is 2. The molecule has 0 aliphatic rings. The Morgan fingerprint density at radius 2 is 2.40 bits per heavy atom. The van der Waals surface area contributed by atoms with Crippen molar-refractivity contribution in [3.05, 3.63) is 33.6 Å². The Balaban J connectivity index is 2.95. The highest BCUT2D eigenvalue weighted by Gasteiger charge is 2.07. The number of thiol groups is 1. The first-order chi connectivity index (χ1) is 7.15. The molecule has 0 radical (unpaired) electrons. The topological polar surface area (TPSA) is 56.0 Å². The lowest BCUT2D eigenvalue weighted by Gasteiger charge is -1.96. The van der Waals surface area contributed by atoms with Crippen LogP contribution in [0.25, 0.3) is 0 Å². The van der Waals surface area contributed by atoms with E-state index in [2.05, 4.69) is 29.5 Å². The van der Waals surface area contributed by atoms with Crippen LogP contribution in [0.3, 0.4) is 0 Å². The van der Waals surface area contributed by atoms with E-state index in [1.165, 1.54) is 12.3 Å². The molecule has 5 heteroatoms. The van der Waals surface area contributed by atoms with Gasteiger partial charge < -0.3 is 0 Å². The number of aromatic nitrogens is 1. The van der Waals surface area contributed by atoms with Gasteiger partial charge in [-0.2, -0.15) is 12.6 Å². The summed E-state index contributed by atoms with van der Waals surface area (Å²) in [6.45, 7) is 1.75. The van der Waals surface area contributed by atoms with E-state index in [4.69, 9.17) is 0 Å². The van der Waals surface area contributed by atoms with E-state index < -0.39 is 4.92 Å². The highest BCUT2D eigenvalue weighted by atomic mass is 32.1. The van der Waals surface area contributed by atoms with Crippen LogP contribution in [0.4, 0.5) is 5.69 Å². The van der Waals surface area contributed by atoms with Gasteiger partial charge >= 0.3 is 0 Å². The van der Waals surface area contributed by atoms with Crippen LogP contribution in [0, 0.1) is 28.9 Å². The molecule has 15 heavy (non-hydrogen) atoms. The van der Waals surface area contributed by atoms with Gasteiger partial charge in [-0.3, -0.25) is 10.1 Å². The minimum absolute atomic E-state index is 0.00718. The Labute approximate surface area is 93.3 Å². The lowest BCUT2D eigenvalue weighted by atomic mass is 10.2. The minimum atomic E-state index is -0.467. The summed E-state index contributed by atoms with van der Waals surface area (Å²) in [4.78, 5) is 13.9. The molecule has 0 aliphatic carbocycles. The maximum atomic E-state index is 10.4. The van der Waals surface area contributed by atoms with Crippen LogP contribution in [0.15, 0.2) is 12.3 Å². The predicted octanol–water partition coefficient (Wildman–Crippen LogP) is 1.97. The van der Waals surface area contributed by atoms with E-state index in [0.29, 0.717) is 17.9 Å². The van der Waals surface area contributed by atoms with Crippen molar-refractivity contribution in [3.63, 3.8) is 0 Å². The summed E-state index contributed by atoms with van der Waals surface area (Å²) < 4.78 is 0.